The van der Waals surface area contributed by atoms with Gasteiger partial charge in [0, 0.05) is 31.9 Å². The minimum atomic E-state index is 0.387. The van der Waals surface area contributed by atoms with Gasteiger partial charge in [-0.05, 0) is 25.1 Å². The van der Waals surface area contributed by atoms with Gasteiger partial charge < -0.3 is 15.0 Å². The van der Waals surface area contributed by atoms with Gasteiger partial charge in [0.1, 0.15) is 12.4 Å². The number of hydrogen-bond donors (Lipinski definition) is 1. The first kappa shape index (κ1) is 13.8. The fraction of sp³-hybridized carbons (Fsp3) is 0.571. The van der Waals surface area contributed by atoms with Crippen molar-refractivity contribution in [2.24, 2.45) is 5.92 Å². The first-order valence-corrected chi connectivity index (χ1v) is 6.12. The third-order valence-corrected chi connectivity index (χ3v) is 2.94. The number of rotatable bonds is 6. The van der Waals surface area contributed by atoms with Gasteiger partial charge in [0.25, 0.3) is 0 Å². The molecule has 1 aromatic rings. The molecule has 3 heteroatoms. The quantitative estimate of drug-likeness (QED) is 0.820. The molecule has 0 radical (unpaired) electrons. The summed E-state index contributed by atoms with van der Waals surface area (Å²) >= 11 is 0. The molecule has 1 aromatic carbocycles. The van der Waals surface area contributed by atoms with Crippen LogP contribution in [0.3, 0.4) is 0 Å². The van der Waals surface area contributed by atoms with E-state index in [2.05, 4.69) is 36.2 Å². The van der Waals surface area contributed by atoms with E-state index >= 15 is 0 Å². The van der Waals surface area contributed by atoms with E-state index < -0.39 is 0 Å². The van der Waals surface area contributed by atoms with Crippen molar-refractivity contribution < 1.29 is 4.74 Å². The zero-order chi connectivity index (χ0) is 12.8. The lowest BCUT2D eigenvalue weighted by molar-refractivity contribution is 0.238. The third kappa shape index (κ3) is 4.27. The fourth-order valence-corrected chi connectivity index (χ4v) is 1.65. The molecule has 1 N–H and O–H groups in total. The Labute approximate surface area is 105 Å². The largest absolute Gasteiger partial charge is 0.492 e. The molecule has 0 heterocycles. The summed E-state index contributed by atoms with van der Waals surface area (Å²) in [4.78, 5) is 2.07. The molecule has 0 bridgehead atoms. The van der Waals surface area contributed by atoms with Crippen LogP contribution in [-0.2, 0) is 0 Å². The Balaban J connectivity index is 2.59. The lowest BCUT2D eigenvalue weighted by atomic mass is 10.1. The van der Waals surface area contributed by atoms with Crippen molar-refractivity contribution >= 4 is 5.69 Å². The predicted octanol–water partition coefficient (Wildman–Crippen LogP) is 2.38. The standard InChI is InChI=1S/C14H24N2O/c1-11(2)14(15-3)10-17-13-8-6-7-12(9-13)16(4)5/h6-9,11,14-15H,10H2,1-5H3. The van der Waals surface area contributed by atoms with Gasteiger partial charge >= 0.3 is 0 Å². The highest BCUT2D eigenvalue weighted by atomic mass is 16.5. The molecule has 1 rings (SSSR count). The van der Waals surface area contributed by atoms with Crippen LogP contribution in [0.4, 0.5) is 5.69 Å². The molecule has 0 saturated heterocycles. The molecule has 0 fully saturated rings. The molecule has 0 aliphatic carbocycles. The number of likely N-dealkylation sites (N-methyl/N-ethyl adjacent to an activating group) is 1. The number of nitrogens with zero attached hydrogens (tertiary/aromatic N) is 1. The summed E-state index contributed by atoms with van der Waals surface area (Å²) < 4.78 is 5.82. The van der Waals surface area contributed by atoms with E-state index in [-0.39, 0.29) is 0 Å². The summed E-state index contributed by atoms with van der Waals surface area (Å²) in [5.74, 6) is 1.49. The number of benzene rings is 1. The molecule has 0 saturated carbocycles. The van der Waals surface area contributed by atoms with Crippen LogP contribution in [0.15, 0.2) is 24.3 Å². The Morgan fingerprint density at radius 2 is 2.00 bits per heavy atom. The molecule has 0 aromatic heterocycles. The van der Waals surface area contributed by atoms with Crippen LogP contribution in [0.25, 0.3) is 0 Å². The van der Waals surface area contributed by atoms with Crippen molar-refractivity contribution in [3.63, 3.8) is 0 Å². The number of anilines is 1. The van der Waals surface area contributed by atoms with E-state index in [9.17, 15) is 0 Å². The van der Waals surface area contributed by atoms with E-state index in [1.807, 2.05) is 33.3 Å². The monoisotopic (exact) mass is 236 g/mol. The maximum Gasteiger partial charge on any atom is 0.121 e. The molecule has 0 aliphatic heterocycles. The van der Waals surface area contributed by atoms with Crippen LogP contribution in [0.1, 0.15) is 13.8 Å². The normalized spacial score (nSPS) is 12.6. The second kappa shape index (κ2) is 6.50. The van der Waals surface area contributed by atoms with E-state index in [1.165, 1.54) is 0 Å². The fourth-order valence-electron chi connectivity index (χ4n) is 1.65. The zero-order valence-corrected chi connectivity index (χ0v) is 11.5. The summed E-state index contributed by atoms with van der Waals surface area (Å²) in [5.41, 5.74) is 1.16. The smallest absolute Gasteiger partial charge is 0.121 e. The molecule has 1 unspecified atom stereocenters. The first-order chi connectivity index (χ1) is 8.04. The number of nitrogens with one attached hydrogen (secondary N) is 1. The minimum absolute atomic E-state index is 0.387. The van der Waals surface area contributed by atoms with Crippen LogP contribution >= 0.6 is 0 Å². The van der Waals surface area contributed by atoms with Crippen LogP contribution < -0.4 is 15.0 Å². The molecule has 0 aliphatic rings. The van der Waals surface area contributed by atoms with Crippen LogP contribution in [-0.4, -0.2) is 33.8 Å². The lowest BCUT2D eigenvalue weighted by Gasteiger charge is -2.21. The highest BCUT2D eigenvalue weighted by molar-refractivity contribution is 5.49. The Bertz CT molecular complexity index is 337. The average molecular weight is 236 g/mol. The Kier molecular flexibility index (Phi) is 5.29. The van der Waals surface area contributed by atoms with E-state index in [0.29, 0.717) is 18.6 Å². The van der Waals surface area contributed by atoms with Crippen LogP contribution in [0, 0.1) is 5.92 Å². The Morgan fingerprint density at radius 1 is 1.29 bits per heavy atom. The summed E-state index contributed by atoms with van der Waals surface area (Å²) in [5, 5.41) is 3.27. The lowest BCUT2D eigenvalue weighted by Crippen LogP contribution is -2.36. The maximum atomic E-state index is 5.82. The van der Waals surface area contributed by atoms with E-state index in [1.54, 1.807) is 0 Å². The van der Waals surface area contributed by atoms with Gasteiger partial charge in [-0.3, -0.25) is 0 Å². The van der Waals surface area contributed by atoms with Crippen molar-refractivity contribution in [3.8, 4) is 5.75 Å². The molecule has 0 amide bonds. The SMILES string of the molecule is CNC(COc1cccc(N(C)C)c1)C(C)C. The van der Waals surface area contributed by atoms with Gasteiger partial charge in [0.2, 0.25) is 0 Å². The Hall–Kier alpha value is -1.22. The van der Waals surface area contributed by atoms with Gasteiger partial charge in [-0.1, -0.05) is 19.9 Å². The number of ether oxygens (including phenoxy) is 1. The van der Waals surface area contributed by atoms with Crippen LogP contribution in [0.5, 0.6) is 5.75 Å². The van der Waals surface area contributed by atoms with Gasteiger partial charge in [0.05, 0.1) is 0 Å². The molecule has 96 valence electrons. The van der Waals surface area contributed by atoms with Crippen molar-refractivity contribution in [3.05, 3.63) is 24.3 Å². The second-order valence-electron chi connectivity index (χ2n) is 4.84. The van der Waals surface area contributed by atoms with Crippen molar-refractivity contribution in [1.29, 1.82) is 0 Å². The summed E-state index contributed by atoms with van der Waals surface area (Å²) in [6.45, 7) is 5.09. The van der Waals surface area contributed by atoms with Gasteiger partial charge in [-0.25, -0.2) is 0 Å². The highest BCUT2D eigenvalue weighted by Gasteiger charge is 2.11. The van der Waals surface area contributed by atoms with Crippen molar-refractivity contribution in [2.75, 3.05) is 32.6 Å². The summed E-state index contributed by atoms with van der Waals surface area (Å²) in [7, 11) is 6.04. The summed E-state index contributed by atoms with van der Waals surface area (Å²) in [6, 6.07) is 8.55. The van der Waals surface area contributed by atoms with Gasteiger partial charge in [0.15, 0.2) is 0 Å². The third-order valence-electron chi connectivity index (χ3n) is 2.94. The topological polar surface area (TPSA) is 24.5 Å². The molecule has 1 atom stereocenters. The minimum Gasteiger partial charge on any atom is -0.492 e. The van der Waals surface area contributed by atoms with Crippen LogP contribution in [0.2, 0.25) is 0 Å². The maximum absolute atomic E-state index is 5.82. The Morgan fingerprint density at radius 3 is 2.53 bits per heavy atom. The highest BCUT2D eigenvalue weighted by Crippen LogP contribution is 2.19. The molecular weight excluding hydrogens is 212 g/mol. The predicted molar refractivity (Wildman–Crippen MR) is 73.9 cm³/mol. The van der Waals surface area contributed by atoms with E-state index in [4.69, 9.17) is 4.74 Å². The average Bonchev–Trinajstić information content (AvgIpc) is 2.29. The molecular formula is C14H24N2O. The molecule has 17 heavy (non-hydrogen) atoms. The molecule has 0 spiro atoms. The first-order valence-electron chi connectivity index (χ1n) is 6.12. The van der Waals surface area contributed by atoms with Crippen molar-refractivity contribution in [1.82, 2.24) is 5.32 Å². The second-order valence-corrected chi connectivity index (χ2v) is 4.84. The number of hydrogen-bond acceptors (Lipinski definition) is 3. The van der Waals surface area contributed by atoms with Gasteiger partial charge in [-0.15, -0.1) is 0 Å². The van der Waals surface area contributed by atoms with E-state index in [0.717, 1.165) is 11.4 Å². The molecule has 3 nitrogen and oxygen atoms in total. The summed E-state index contributed by atoms with van der Waals surface area (Å²) in [6.07, 6.45) is 0. The zero-order valence-electron chi connectivity index (χ0n) is 11.5. The van der Waals surface area contributed by atoms with Gasteiger partial charge in [-0.2, -0.15) is 0 Å². The van der Waals surface area contributed by atoms with Crippen molar-refractivity contribution in [2.45, 2.75) is 19.9 Å².